The van der Waals surface area contributed by atoms with Crippen molar-refractivity contribution in [1.82, 2.24) is 9.97 Å². The van der Waals surface area contributed by atoms with E-state index in [9.17, 15) is 0 Å². The second-order valence-electron chi connectivity index (χ2n) is 1.72. The zero-order chi connectivity index (χ0) is 9.23. The lowest BCUT2D eigenvalue weighted by Gasteiger charge is -1.98. The van der Waals surface area contributed by atoms with Crippen molar-refractivity contribution in [2.45, 2.75) is 21.3 Å². The average Bonchev–Trinajstić information content (AvgIpc) is 2.19. The quantitative estimate of drug-likeness (QED) is 0.750. The maximum Gasteiger partial charge on any atom is 0.222 e. The lowest BCUT2D eigenvalue weighted by Crippen LogP contribution is -2.07. The molecule has 4 nitrogen and oxygen atoms in total. The van der Waals surface area contributed by atoms with Gasteiger partial charge in [0.1, 0.15) is 0 Å². The first kappa shape index (κ1) is 14.4. The normalized spacial score (nSPS) is 7.62. The first-order chi connectivity index (χ1) is 5.93. The smallest absolute Gasteiger partial charge is 0.222 e. The summed E-state index contributed by atoms with van der Waals surface area (Å²) in [7, 11) is 0. The van der Waals surface area contributed by atoms with Crippen LogP contribution < -0.4 is 5.32 Å². The van der Waals surface area contributed by atoms with Crippen LogP contribution in [0, 0.1) is 0 Å². The molecule has 0 spiro atoms. The van der Waals surface area contributed by atoms with E-state index < -0.39 is 0 Å². The molecule has 1 rings (SSSR count). The third-order valence-electron chi connectivity index (χ3n) is 0.961. The minimum atomic E-state index is 0. The Bertz CT molecular complexity index is 179. The SMILES string of the molecule is C.CC.OCCNc1ncccn1. The predicted molar refractivity (Wildman–Crippen MR) is 55.7 cm³/mol. The zero-order valence-corrected chi connectivity index (χ0v) is 7.49. The molecule has 0 atom stereocenters. The second-order valence-corrected chi connectivity index (χ2v) is 1.72. The maximum atomic E-state index is 8.41. The highest BCUT2D eigenvalue weighted by atomic mass is 16.3. The molecule has 0 fully saturated rings. The first-order valence-corrected chi connectivity index (χ1v) is 4.05. The number of aliphatic hydroxyl groups excluding tert-OH is 1. The van der Waals surface area contributed by atoms with Crippen LogP contribution in [-0.4, -0.2) is 28.2 Å². The Morgan fingerprint density at radius 3 is 2.31 bits per heavy atom. The highest BCUT2D eigenvalue weighted by molar-refractivity contribution is 5.21. The maximum absolute atomic E-state index is 8.41. The van der Waals surface area contributed by atoms with Crippen molar-refractivity contribution in [3.63, 3.8) is 0 Å². The van der Waals surface area contributed by atoms with Gasteiger partial charge in [0.25, 0.3) is 0 Å². The molecule has 1 aromatic rings. The number of aliphatic hydroxyl groups is 1. The van der Waals surface area contributed by atoms with Crippen molar-refractivity contribution in [3.8, 4) is 0 Å². The van der Waals surface area contributed by atoms with Gasteiger partial charge in [-0.05, 0) is 6.07 Å². The van der Waals surface area contributed by atoms with E-state index in [4.69, 9.17) is 5.11 Å². The van der Waals surface area contributed by atoms with Gasteiger partial charge in [-0.25, -0.2) is 9.97 Å². The molecule has 0 saturated heterocycles. The number of anilines is 1. The summed E-state index contributed by atoms with van der Waals surface area (Å²) in [6.45, 7) is 4.59. The summed E-state index contributed by atoms with van der Waals surface area (Å²) < 4.78 is 0. The lowest BCUT2D eigenvalue weighted by molar-refractivity contribution is 0.311. The molecule has 1 heterocycles. The van der Waals surface area contributed by atoms with E-state index in [1.54, 1.807) is 18.5 Å². The van der Waals surface area contributed by atoms with Crippen LogP contribution in [0.5, 0.6) is 0 Å². The van der Waals surface area contributed by atoms with E-state index in [0.717, 1.165) is 0 Å². The minimum absolute atomic E-state index is 0. The third kappa shape index (κ3) is 7.21. The van der Waals surface area contributed by atoms with Gasteiger partial charge in [0, 0.05) is 18.9 Å². The molecule has 0 amide bonds. The third-order valence-corrected chi connectivity index (χ3v) is 0.961. The monoisotopic (exact) mass is 185 g/mol. The summed E-state index contributed by atoms with van der Waals surface area (Å²) in [5.41, 5.74) is 0. The number of rotatable bonds is 3. The standard InChI is InChI=1S/C6H9N3O.C2H6.CH4/c10-5-4-9-6-7-2-1-3-8-6;1-2;/h1-3,10H,4-5H2,(H,7,8,9);1-2H3;1H4. The average molecular weight is 185 g/mol. The van der Waals surface area contributed by atoms with Crippen LogP contribution in [0.25, 0.3) is 0 Å². The number of aromatic nitrogens is 2. The van der Waals surface area contributed by atoms with Gasteiger partial charge >= 0.3 is 0 Å². The van der Waals surface area contributed by atoms with Gasteiger partial charge < -0.3 is 10.4 Å². The molecule has 0 aliphatic carbocycles. The summed E-state index contributed by atoms with van der Waals surface area (Å²) in [5.74, 6) is 0.552. The Balaban J connectivity index is 0. The largest absolute Gasteiger partial charge is 0.395 e. The van der Waals surface area contributed by atoms with Crippen LogP contribution in [0.2, 0.25) is 0 Å². The molecule has 4 heteroatoms. The first-order valence-electron chi connectivity index (χ1n) is 4.05. The molecule has 0 radical (unpaired) electrons. The van der Waals surface area contributed by atoms with Gasteiger partial charge in [0.15, 0.2) is 0 Å². The molecule has 1 aromatic heterocycles. The molecular formula is C9H19N3O. The summed E-state index contributed by atoms with van der Waals surface area (Å²) in [4.78, 5) is 7.77. The van der Waals surface area contributed by atoms with E-state index >= 15 is 0 Å². The Hall–Kier alpha value is -1.16. The highest BCUT2D eigenvalue weighted by Crippen LogP contribution is 1.90. The fraction of sp³-hybridized carbons (Fsp3) is 0.556. The van der Waals surface area contributed by atoms with Crippen molar-refractivity contribution in [2.24, 2.45) is 0 Å². The van der Waals surface area contributed by atoms with Crippen LogP contribution >= 0.6 is 0 Å². The van der Waals surface area contributed by atoms with Crippen molar-refractivity contribution >= 4 is 5.95 Å². The topological polar surface area (TPSA) is 58.0 Å². The van der Waals surface area contributed by atoms with Crippen molar-refractivity contribution in [1.29, 1.82) is 0 Å². The molecule has 0 bridgehead atoms. The van der Waals surface area contributed by atoms with Crippen molar-refractivity contribution < 1.29 is 5.11 Å². The Labute approximate surface area is 80.1 Å². The molecule has 0 aromatic carbocycles. The molecule has 76 valence electrons. The molecule has 0 unspecified atom stereocenters. The second kappa shape index (κ2) is 10.8. The fourth-order valence-corrected chi connectivity index (χ4v) is 0.558. The Morgan fingerprint density at radius 2 is 1.85 bits per heavy atom. The molecular weight excluding hydrogens is 166 g/mol. The molecule has 2 N–H and O–H groups in total. The molecule has 13 heavy (non-hydrogen) atoms. The summed E-state index contributed by atoms with van der Waals surface area (Å²) >= 11 is 0. The summed E-state index contributed by atoms with van der Waals surface area (Å²) in [6, 6.07) is 1.74. The van der Waals surface area contributed by atoms with E-state index in [-0.39, 0.29) is 14.0 Å². The van der Waals surface area contributed by atoms with Gasteiger partial charge in [0.2, 0.25) is 5.95 Å². The summed E-state index contributed by atoms with van der Waals surface area (Å²) in [5, 5.41) is 11.2. The van der Waals surface area contributed by atoms with Crippen LogP contribution in [0.3, 0.4) is 0 Å². The van der Waals surface area contributed by atoms with Crippen molar-refractivity contribution in [3.05, 3.63) is 18.5 Å². The van der Waals surface area contributed by atoms with Crippen LogP contribution in [0.15, 0.2) is 18.5 Å². The fourth-order valence-electron chi connectivity index (χ4n) is 0.558. The van der Waals surface area contributed by atoms with Crippen LogP contribution in [0.1, 0.15) is 21.3 Å². The Morgan fingerprint density at radius 1 is 1.31 bits per heavy atom. The van der Waals surface area contributed by atoms with E-state index in [0.29, 0.717) is 12.5 Å². The number of hydrogen-bond acceptors (Lipinski definition) is 4. The van der Waals surface area contributed by atoms with Gasteiger partial charge in [-0.15, -0.1) is 0 Å². The predicted octanol–water partition coefficient (Wildman–Crippen LogP) is 1.54. The van der Waals surface area contributed by atoms with Gasteiger partial charge in [-0.3, -0.25) is 0 Å². The van der Waals surface area contributed by atoms with E-state index in [1.807, 2.05) is 13.8 Å². The number of hydrogen-bond donors (Lipinski definition) is 2. The van der Waals surface area contributed by atoms with Crippen molar-refractivity contribution in [2.75, 3.05) is 18.5 Å². The number of nitrogens with one attached hydrogen (secondary N) is 1. The van der Waals surface area contributed by atoms with E-state index in [2.05, 4.69) is 15.3 Å². The number of nitrogens with zero attached hydrogens (tertiary/aromatic N) is 2. The molecule has 0 saturated carbocycles. The Kier molecular flexibility index (Phi) is 12.0. The van der Waals surface area contributed by atoms with E-state index in [1.165, 1.54) is 0 Å². The minimum Gasteiger partial charge on any atom is -0.395 e. The van der Waals surface area contributed by atoms with Crippen LogP contribution in [-0.2, 0) is 0 Å². The van der Waals surface area contributed by atoms with Gasteiger partial charge in [-0.1, -0.05) is 21.3 Å². The summed E-state index contributed by atoms with van der Waals surface area (Å²) in [6.07, 6.45) is 3.29. The molecule has 0 aliphatic rings. The highest BCUT2D eigenvalue weighted by Gasteiger charge is 1.88. The molecule has 0 aliphatic heterocycles. The van der Waals surface area contributed by atoms with Gasteiger partial charge in [0.05, 0.1) is 6.61 Å². The lowest BCUT2D eigenvalue weighted by atomic mass is 10.6. The van der Waals surface area contributed by atoms with Gasteiger partial charge in [-0.2, -0.15) is 0 Å². The van der Waals surface area contributed by atoms with Crippen LogP contribution in [0.4, 0.5) is 5.95 Å². The zero-order valence-electron chi connectivity index (χ0n) is 7.49.